The lowest BCUT2D eigenvalue weighted by Crippen LogP contribution is -2.34. The summed E-state index contributed by atoms with van der Waals surface area (Å²) in [4.78, 5) is 0. The van der Waals surface area contributed by atoms with Crippen molar-refractivity contribution in [3.05, 3.63) is 36.5 Å². The summed E-state index contributed by atoms with van der Waals surface area (Å²) in [6.07, 6.45) is -1.70. The molecule has 4 atom stereocenters. The number of rotatable bonds is 4. The molecule has 3 rings (SSSR count). The van der Waals surface area contributed by atoms with Gasteiger partial charge >= 0.3 is 0 Å². The molecule has 0 amide bonds. The van der Waals surface area contributed by atoms with Crippen LogP contribution in [0.3, 0.4) is 0 Å². The number of ether oxygens (including phenoxy) is 2. The molecular weight excluding hydrogens is 274 g/mol. The molecule has 0 spiro atoms. The number of hydrogen-bond acceptors (Lipinski definition) is 6. The summed E-state index contributed by atoms with van der Waals surface area (Å²) >= 11 is 0. The molecule has 7 nitrogen and oxygen atoms in total. The van der Waals surface area contributed by atoms with Crippen LogP contribution in [0.25, 0.3) is 11.3 Å². The van der Waals surface area contributed by atoms with Crippen molar-refractivity contribution in [3.8, 4) is 11.3 Å². The summed E-state index contributed by atoms with van der Waals surface area (Å²) in [6, 6.07) is 9.68. The fraction of sp³-hybridized carbons (Fsp3) is 0.429. The van der Waals surface area contributed by atoms with Gasteiger partial charge in [-0.2, -0.15) is 0 Å². The first-order chi connectivity index (χ1) is 10.2. The van der Waals surface area contributed by atoms with Crippen molar-refractivity contribution < 1.29 is 19.7 Å². The van der Waals surface area contributed by atoms with Crippen molar-refractivity contribution in [2.45, 2.75) is 31.1 Å². The van der Waals surface area contributed by atoms with Crippen molar-refractivity contribution in [1.82, 2.24) is 15.0 Å². The Kier molecular flexibility index (Phi) is 3.98. The molecule has 1 aromatic carbocycles. The largest absolute Gasteiger partial charge is 0.387 e. The summed E-state index contributed by atoms with van der Waals surface area (Å²) in [7, 11) is 1.42. The Labute approximate surface area is 121 Å². The SMILES string of the molecule is CO[C@H]1O[C@H](Cn2cc(-c3ccccc3)nn2)[C@@H](O)[C@@H]1O. The van der Waals surface area contributed by atoms with Crippen LogP contribution in [0.15, 0.2) is 36.5 Å². The molecule has 2 heterocycles. The van der Waals surface area contributed by atoms with Crippen LogP contribution < -0.4 is 0 Å². The van der Waals surface area contributed by atoms with Gasteiger partial charge in [0.05, 0.1) is 12.7 Å². The number of benzene rings is 1. The van der Waals surface area contributed by atoms with Crippen LogP contribution in [-0.4, -0.2) is 56.9 Å². The van der Waals surface area contributed by atoms with Crippen LogP contribution in [0, 0.1) is 0 Å². The van der Waals surface area contributed by atoms with Gasteiger partial charge in [0.15, 0.2) is 6.29 Å². The number of aliphatic hydroxyl groups excluding tert-OH is 2. The van der Waals surface area contributed by atoms with Gasteiger partial charge in [-0.05, 0) is 0 Å². The third kappa shape index (κ3) is 2.81. The Morgan fingerprint density at radius 3 is 2.67 bits per heavy atom. The quantitative estimate of drug-likeness (QED) is 0.826. The van der Waals surface area contributed by atoms with Crippen molar-refractivity contribution in [2.24, 2.45) is 0 Å². The highest BCUT2D eigenvalue weighted by atomic mass is 16.7. The third-order valence-corrected chi connectivity index (χ3v) is 3.53. The van der Waals surface area contributed by atoms with Gasteiger partial charge in [-0.15, -0.1) is 5.10 Å². The number of aromatic nitrogens is 3. The minimum atomic E-state index is -1.06. The number of aliphatic hydroxyl groups is 2. The Morgan fingerprint density at radius 1 is 1.24 bits per heavy atom. The first kappa shape index (κ1) is 14.2. The molecule has 1 aliphatic rings. The van der Waals surface area contributed by atoms with Gasteiger partial charge in [0.1, 0.15) is 24.0 Å². The summed E-state index contributed by atoms with van der Waals surface area (Å²) in [5.41, 5.74) is 1.71. The molecule has 0 radical (unpaired) electrons. The van der Waals surface area contributed by atoms with Crippen LogP contribution >= 0.6 is 0 Å². The lowest BCUT2D eigenvalue weighted by molar-refractivity contribution is -0.150. The maximum absolute atomic E-state index is 9.93. The zero-order valence-corrected chi connectivity index (χ0v) is 11.5. The molecule has 21 heavy (non-hydrogen) atoms. The highest BCUT2D eigenvalue weighted by molar-refractivity contribution is 5.57. The molecular formula is C14H17N3O4. The highest BCUT2D eigenvalue weighted by Gasteiger charge is 2.43. The van der Waals surface area contributed by atoms with E-state index in [9.17, 15) is 10.2 Å². The van der Waals surface area contributed by atoms with Crippen LogP contribution in [0.1, 0.15) is 0 Å². The average molecular weight is 291 g/mol. The molecule has 2 N–H and O–H groups in total. The van der Waals surface area contributed by atoms with Crippen molar-refractivity contribution in [2.75, 3.05) is 7.11 Å². The highest BCUT2D eigenvalue weighted by Crippen LogP contribution is 2.23. The first-order valence-electron chi connectivity index (χ1n) is 6.69. The molecule has 1 aromatic heterocycles. The van der Waals surface area contributed by atoms with Gasteiger partial charge in [-0.25, -0.2) is 4.68 Å². The fourth-order valence-corrected chi connectivity index (χ4v) is 2.37. The van der Waals surface area contributed by atoms with Crippen molar-refractivity contribution in [3.63, 3.8) is 0 Å². The normalized spacial score (nSPS) is 28.9. The second-order valence-corrected chi connectivity index (χ2v) is 4.95. The minimum Gasteiger partial charge on any atom is -0.387 e. The van der Waals surface area contributed by atoms with E-state index in [2.05, 4.69) is 10.3 Å². The van der Waals surface area contributed by atoms with Crippen LogP contribution in [0.4, 0.5) is 0 Å². The van der Waals surface area contributed by atoms with Crippen LogP contribution in [0.5, 0.6) is 0 Å². The lowest BCUT2D eigenvalue weighted by atomic mass is 10.1. The molecule has 1 fully saturated rings. The molecule has 7 heteroatoms. The molecule has 0 unspecified atom stereocenters. The molecule has 0 saturated carbocycles. The van der Waals surface area contributed by atoms with E-state index in [1.165, 1.54) is 7.11 Å². The summed E-state index contributed by atoms with van der Waals surface area (Å²) in [5, 5.41) is 27.8. The number of methoxy groups -OCH3 is 1. The van der Waals surface area contributed by atoms with Gasteiger partial charge in [0, 0.05) is 12.7 Å². The van der Waals surface area contributed by atoms with E-state index in [1.807, 2.05) is 30.3 Å². The maximum Gasteiger partial charge on any atom is 0.186 e. The average Bonchev–Trinajstić information content (AvgIpc) is 3.09. The molecule has 0 bridgehead atoms. The topological polar surface area (TPSA) is 89.6 Å². The zero-order chi connectivity index (χ0) is 14.8. The fourth-order valence-electron chi connectivity index (χ4n) is 2.37. The molecule has 0 aliphatic carbocycles. The molecule has 1 aliphatic heterocycles. The van der Waals surface area contributed by atoms with E-state index in [-0.39, 0.29) is 6.54 Å². The Hall–Kier alpha value is -1.80. The van der Waals surface area contributed by atoms with Crippen LogP contribution in [0.2, 0.25) is 0 Å². The Balaban J connectivity index is 1.71. The third-order valence-electron chi connectivity index (χ3n) is 3.53. The van der Waals surface area contributed by atoms with Gasteiger partial charge in [0.25, 0.3) is 0 Å². The number of nitrogens with zero attached hydrogens (tertiary/aromatic N) is 3. The van der Waals surface area contributed by atoms with E-state index >= 15 is 0 Å². The second kappa shape index (κ2) is 5.90. The molecule has 2 aromatic rings. The van der Waals surface area contributed by atoms with Gasteiger partial charge in [-0.1, -0.05) is 35.5 Å². The second-order valence-electron chi connectivity index (χ2n) is 4.95. The van der Waals surface area contributed by atoms with E-state index in [0.29, 0.717) is 0 Å². The minimum absolute atomic E-state index is 0.290. The predicted molar refractivity (Wildman–Crippen MR) is 73.1 cm³/mol. The smallest absolute Gasteiger partial charge is 0.186 e. The lowest BCUT2D eigenvalue weighted by Gasteiger charge is -2.13. The van der Waals surface area contributed by atoms with Gasteiger partial charge in [0.2, 0.25) is 0 Å². The zero-order valence-electron chi connectivity index (χ0n) is 11.5. The van der Waals surface area contributed by atoms with E-state index in [1.54, 1.807) is 10.9 Å². The van der Waals surface area contributed by atoms with Crippen molar-refractivity contribution in [1.29, 1.82) is 0 Å². The first-order valence-corrected chi connectivity index (χ1v) is 6.69. The van der Waals surface area contributed by atoms with Crippen molar-refractivity contribution >= 4 is 0 Å². The summed E-state index contributed by atoms with van der Waals surface area (Å²) in [6.45, 7) is 0.290. The Bertz CT molecular complexity index is 589. The van der Waals surface area contributed by atoms with E-state index in [0.717, 1.165) is 11.3 Å². The Morgan fingerprint density at radius 2 is 2.00 bits per heavy atom. The van der Waals surface area contributed by atoms with Gasteiger partial charge in [-0.3, -0.25) is 0 Å². The predicted octanol–water partition coefficient (Wildman–Crippen LogP) is 0.0382. The van der Waals surface area contributed by atoms with E-state index < -0.39 is 24.6 Å². The maximum atomic E-state index is 9.93. The van der Waals surface area contributed by atoms with Gasteiger partial charge < -0.3 is 19.7 Å². The monoisotopic (exact) mass is 291 g/mol. The standard InChI is InChI=1S/C14H17N3O4/c1-20-14-13(19)12(18)11(21-14)8-17-7-10(15-16-17)9-5-3-2-4-6-9/h2-7,11-14,18-19H,8H2,1H3/t11-,12-,13+,14+/m1/s1. The molecule has 1 saturated heterocycles. The number of hydrogen-bond donors (Lipinski definition) is 2. The van der Waals surface area contributed by atoms with E-state index in [4.69, 9.17) is 9.47 Å². The summed E-state index contributed by atoms with van der Waals surface area (Å²) < 4.78 is 12.0. The molecule has 112 valence electrons. The summed E-state index contributed by atoms with van der Waals surface area (Å²) in [5.74, 6) is 0. The van der Waals surface area contributed by atoms with Crippen LogP contribution in [-0.2, 0) is 16.0 Å².